The van der Waals surface area contributed by atoms with Crippen LogP contribution in [-0.4, -0.2) is 5.97 Å². The number of aryl methyl sites for hydroxylation is 2. The zero-order valence-corrected chi connectivity index (χ0v) is 16.6. The minimum Gasteiger partial charge on any atom is -0.461 e. The predicted octanol–water partition coefficient (Wildman–Crippen LogP) is 6.26. The lowest BCUT2D eigenvalue weighted by atomic mass is 9.79. The molecule has 0 aliphatic carbocycles. The second kappa shape index (κ2) is 5.86. The van der Waals surface area contributed by atoms with E-state index in [0.717, 1.165) is 50.1 Å². The SMILES string of the molecule is Cc1cc2cc(C3(c4ccc5oc(C)cc5c4)OC(=O)c4ccccc43)ccc2o1. The standard InChI is InChI=1S/C26H18O4/c1-15-11-17-13-19(7-9-23(17)28-15)26(22-6-4-3-5-21(22)25(27)30-26)20-8-10-24-18(14-20)12-16(2)29-24/h3-14H,1-2H3. The Morgan fingerprint density at radius 3 is 1.87 bits per heavy atom. The van der Waals surface area contributed by atoms with Crippen molar-refractivity contribution in [2.75, 3.05) is 0 Å². The molecule has 30 heavy (non-hydrogen) atoms. The van der Waals surface area contributed by atoms with Crippen molar-refractivity contribution in [2.24, 2.45) is 0 Å². The fourth-order valence-corrected chi connectivity index (χ4v) is 4.60. The fraction of sp³-hybridized carbons (Fsp3) is 0.115. The molecule has 0 fully saturated rings. The van der Waals surface area contributed by atoms with Crippen LogP contribution in [-0.2, 0) is 10.3 Å². The summed E-state index contributed by atoms with van der Waals surface area (Å²) in [6.45, 7) is 3.85. The maximum absolute atomic E-state index is 12.9. The van der Waals surface area contributed by atoms with Crippen LogP contribution < -0.4 is 0 Å². The van der Waals surface area contributed by atoms with E-state index in [9.17, 15) is 4.79 Å². The number of carbonyl (C=O) groups is 1. The second-order valence-corrected chi connectivity index (χ2v) is 7.84. The lowest BCUT2D eigenvalue weighted by molar-refractivity contribution is 0.0252. The molecule has 0 unspecified atom stereocenters. The number of furan rings is 2. The summed E-state index contributed by atoms with van der Waals surface area (Å²) >= 11 is 0. The van der Waals surface area contributed by atoms with Gasteiger partial charge >= 0.3 is 5.97 Å². The molecule has 4 nitrogen and oxygen atoms in total. The average molecular weight is 394 g/mol. The van der Waals surface area contributed by atoms with E-state index in [4.69, 9.17) is 13.6 Å². The second-order valence-electron chi connectivity index (χ2n) is 7.84. The van der Waals surface area contributed by atoms with Crippen molar-refractivity contribution in [1.82, 2.24) is 0 Å². The van der Waals surface area contributed by atoms with Gasteiger partial charge < -0.3 is 13.6 Å². The van der Waals surface area contributed by atoms with Gasteiger partial charge in [0.05, 0.1) is 5.56 Å². The quantitative estimate of drug-likeness (QED) is 0.332. The van der Waals surface area contributed by atoms with E-state index in [1.807, 2.05) is 86.6 Å². The first kappa shape index (κ1) is 17.1. The van der Waals surface area contributed by atoms with Crippen molar-refractivity contribution in [3.63, 3.8) is 0 Å². The normalized spacial score (nSPS) is 14.9. The van der Waals surface area contributed by atoms with Crippen LogP contribution in [0.25, 0.3) is 21.9 Å². The number of fused-ring (bicyclic) bond motifs is 3. The van der Waals surface area contributed by atoms with E-state index in [0.29, 0.717) is 5.56 Å². The Labute approximate surface area is 172 Å². The number of rotatable bonds is 2. The highest BCUT2D eigenvalue weighted by atomic mass is 16.6. The molecule has 1 aliphatic heterocycles. The molecule has 3 aromatic carbocycles. The van der Waals surface area contributed by atoms with E-state index >= 15 is 0 Å². The Kier molecular flexibility index (Phi) is 3.34. The fourth-order valence-electron chi connectivity index (χ4n) is 4.60. The molecule has 0 atom stereocenters. The number of ether oxygens (including phenoxy) is 1. The van der Waals surface area contributed by atoms with E-state index in [2.05, 4.69) is 0 Å². The summed E-state index contributed by atoms with van der Waals surface area (Å²) in [4.78, 5) is 12.9. The Morgan fingerprint density at radius 2 is 1.27 bits per heavy atom. The first-order valence-electron chi connectivity index (χ1n) is 9.89. The van der Waals surface area contributed by atoms with Gasteiger partial charge in [-0.25, -0.2) is 4.79 Å². The van der Waals surface area contributed by atoms with Crippen LogP contribution in [0, 0.1) is 13.8 Å². The third kappa shape index (κ3) is 2.25. The molecule has 0 bridgehead atoms. The van der Waals surface area contributed by atoms with Crippen molar-refractivity contribution in [1.29, 1.82) is 0 Å². The summed E-state index contributed by atoms with van der Waals surface area (Å²) < 4.78 is 17.7. The minimum atomic E-state index is -1.04. The van der Waals surface area contributed by atoms with Gasteiger partial charge in [-0.3, -0.25) is 0 Å². The molecule has 5 aromatic rings. The first-order valence-corrected chi connectivity index (χ1v) is 9.89. The third-order valence-corrected chi connectivity index (χ3v) is 5.86. The molecule has 1 aliphatic rings. The van der Waals surface area contributed by atoms with Crippen molar-refractivity contribution in [2.45, 2.75) is 19.4 Å². The summed E-state index contributed by atoms with van der Waals surface area (Å²) in [5.74, 6) is 1.36. The Morgan fingerprint density at radius 1 is 0.700 bits per heavy atom. The maximum atomic E-state index is 12.9. The van der Waals surface area contributed by atoms with Gasteiger partial charge in [0.2, 0.25) is 0 Å². The molecule has 0 amide bonds. The van der Waals surface area contributed by atoms with Gasteiger partial charge in [-0.05, 0) is 56.3 Å². The number of carbonyl (C=O) groups excluding carboxylic acids is 1. The van der Waals surface area contributed by atoms with E-state index in [-0.39, 0.29) is 5.97 Å². The van der Waals surface area contributed by atoms with Crippen LogP contribution in [0.15, 0.2) is 81.6 Å². The van der Waals surface area contributed by atoms with Crippen LogP contribution in [0.5, 0.6) is 0 Å². The topological polar surface area (TPSA) is 52.6 Å². The Hall–Kier alpha value is -3.79. The summed E-state index contributed by atoms with van der Waals surface area (Å²) in [6.07, 6.45) is 0. The largest absolute Gasteiger partial charge is 0.461 e. The summed E-state index contributed by atoms with van der Waals surface area (Å²) in [5, 5.41) is 1.95. The van der Waals surface area contributed by atoms with E-state index < -0.39 is 5.60 Å². The van der Waals surface area contributed by atoms with Crippen molar-refractivity contribution in [3.05, 3.63) is 107 Å². The summed E-state index contributed by atoms with van der Waals surface area (Å²) in [6, 6.07) is 23.5. The van der Waals surface area contributed by atoms with Crippen LogP contribution in [0.3, 0.4) is 0 Å². The lowest BCUT2D eigenvalue weighted by Crippen LogP contribution is -2.29. The van der Waals surface area contributed by atoms with E-state index in [1.54, 1.807) is 0 Å². The van der Waals surface area contributed by atoms with Gasteiger partial charge in [0.15, 0.2) is 5.60 Å². The number of cyclic esters (lactones) is 1. The maximum Gasteiger partial charge on any atom is 0.340 e. The zero-order valence-electron chi connectivity index (χ0n) is 16.6. The molecular formula is C26H18O4. The Bertz CT molecular complexity index is 1390. The van der Waals surface area contributed by atoms with Gasteiger partial charge in [0.25, 0.3) is 0 Å². The van der Waals surface area contributed by atoms with Crippen LogP contribution in [0.1, 0.15) is 38.6 Å². The monoisotopic (exact) mass is 394 g/mol. The molecule has 2 aromatic heterocycles. The number of hydrogen-bond donors (Lipinski definition) is 0. The van der Waals surface area contributed by atoms with Crippen molar-refractivity contribution < 1.29 is 18.4 Å². The minimum absolute atomic E-state index is 0.322. The molecule has 6 rings (SSSR count). The van der Waals surface area contributed by atoms with Crippen LogP contribution in [0.2, 0.25) is 0 Å². The molecule has 0 radical (unpaired) electrons. The molecule has 0 spiro atoms. The molecular weight excluding hydrogens is 376 g/mol. The number of benzene rings is 3. The molecule has 0 saturated carbocycles. The molecule has 0 saturated heterocycles. The van der Waals surface area contributed by atoms with Crippen LogP contribution >= 0.6 is 0 Å². The molecule has 3 heterocycles. The zero-order chi connectivity index (χ0) is 20.5. The van der Waals surface area contributed by atoms with Crippen LogP contribution in [0.4, 0.5) is 0 Å². The average Bonchev–Trinajstić information content (AvgIpc) is 3.39. The molecule has 146 valence electrons. The molecule has 4 heteroatoms. The number of hydrogen-bond acceptors (Lipinski definition) is 4. The van der Waals surface area contributed by atoms with Gasteiger partial charge in [0, 0.05) is 27.5 Å². The number of esters is 1. The summed E-state index contributed by atoms with van der Waals surface area (Å²) in [5.41, 5.74) is 3.78. The predicted molar refractivity (Wildman–Crippen MR) is 114 cm³/mol. The smallest absolute Gasteiger partial charge is 0.340 e. The van der Waals surface area contributed by atoms with E-state index in [1.165, 1.54) is 0 Å². The highest BCUT2D eigenvalue weighted by Crippen LogP contribution is 2.48. The van der Waals surface area contributed by atoms with Gasteiger partial charge in [-0.1, -0.05) is 30.3 Å². The Balaban J connectivity index is 1.68. The van der Waals surface area contributed by atoms with Crippen molar-refractivity contribution >= 4 is 27.9 Å². The van der Waals surface area contributed by atoms with Gasteiger partial charge in [-0.2, -0.15) is 0 Å². The van der Waals surface area contributed by atoms with Gasteiger partial charge in [0.1, 0.15) is 22.7 Å². The van der Waals surface area contributed by atoms with Crippen molar-refractivity contribution in [3.8, 4) is 0 Å². The highest BCUT2D eigenvalue weighted by Gasteiger charge is 2.48. The summed E-state index contributed by atoms with van der Waals surface area (Å²) in [7, 11) is 0. The third-order valence-electron chi connectivity index (χ3n) is 5.86. The molecule has 0 N–H and O–H groups in total. The highest BCUT2D eigenvalue weighted by molar-refractivity contribution is 5.97. The first-order chi connectivity index (χ1) is 14.5. The lowest BCUT2D eigenvalue weighted by Gasteiger charge is -2.30. The van der Waals surface area contributed by atoms with Gasteiger partial charge in [-0.15, -0.1) is 0 Å².